The van der Waals surface area contributed by atoms with Crippen molar-refractivity contribution >= 4 is 27.4 Å². The lowest BCUT2D eigenvalue weighted by atomic mass is 10.2. The van der Waals surface area contributed by atoms with E-state index in [0.29, 0.717) is 19.6 Å². The molecule has 0 aromatic carbocycles. The monoisotopic (exact) mass is 317 g/mol. The maximum Gasteiger partial charge on any atom is 0.325 e. The Hall–Kier alpha value is -1.81. The topological polar surface area (TPSA) is 131 Å². The second-order valence-corrected chi connectivity index (χ2v) is 7.12. The average molecular weight is 317 g/mol. The number of piperazine rings is 1. The maximum absolute atomic E-state index is 12.0. The number of carboxylic acids is 1. The van der Waals surface area contributed by atoms with E-state index in [1.165, 1.54) is 0 Å². The Morgan fingerprint density at radius 3 is 2.76 bits per heavy atom. The molecule has 2 heterocycles. The molecule has 9 nitrogen and oxygen atoms in total. The van der Waals surface area contributed by atoms with Crippen LogP contribution >= 0.6 is 0 Å². The number of aromatic nitrogens is 2. The molecule has 1 atom stereocenters. The number of nitrogen functional groups attached to an aromatic ring is 1. The molecule has 0 spiro atoms. The maximum atomic E-state index is 12.0. The second kappa shape index (κ2) is 5.53. The summed E-state index contributed by atoms with van der Waals surface area (Å²) >= 11 is 0. The number of nitrogens with two attached hydrogens (primary N) is 1. The second-order valence-electron chi connectivity index (χ2n) is 5.16. The first-order valence-electron chi connectivity index (χ1n) is 6.46. The molecule has 1 saturated heterocycles. The van der Waals surface area contributed by atoms with Gasteiger partial charge in [-0.25, -0.2) is 13.1 Å². The van der Waals surface area contributed by atoms with E-state index >= 15 is 0 Å². The van der Waals surface area contributed by atoms with Crippen LogP contribution in [0.3, 0.4) is 0 Å². The Morgan fingerprint density at radius 1 is 1.57 bits per heavy atom. The van der Waals surface area contributed by atoms with Crippen LogP contribution in [-0.2, 0) is 21.2 Å². The lowest BCUT2D eigenvalue weighted by molar-refractivity contribution is -0.137. The van der Waals surface area contributed by atoms with Gasteiger partial charge in [0.15, 0.2) is 20.6 Å². The highest BCUT2D eigenvalue weighted by molar-refractivity contribution is 7.91. The molecule has 1 fully saturated rings. The van der Waals surface area contributed by atoms with E-state index in [1.54, 1.807) is 0 Å². The van der Waals surface area contributed by atoms with Crippen LogP contribution in [0.1, 0.15) is 6.92 Å². The van der Waals surface area contributed by atoms with Gasteiger partial charge < -0.3 is 21.1 Å². The number of carboxylic acid groups (broad SMARTS) is 1. The number of rotatable bonds is 4. The van der Waals surface area contributed by atoms with Gasteiger partial charge in [0, 0.05) is 31.9 Å². The average Bonchev–Trinajstić information content (AvgIpc) is 2.66. The number of hydrogen-bond donors (Lipinski definition) is 3. The fourth-order valence-electron chi connectivity index (χ4n) is 2.38. The molecule has 1 aliphatic heterocycles. The molecule has 2 rings (SSSR count). The Labute approximate surface area is 122 Å². The number of aliphatic carboxylic acids is 1. The van der Waals surface area contributed by atoms with Gasteiger partial charge in [-0.05, 0) is 6.92 Å². The van der Waals surface area contributed by atoms with Crippen LogP contribution in [0, 0.1) is 0 Å². The van der Waals surface area contributed by atoms with Crippen molar-refractivity contribution in [1.82, 2.24) is 15.1 Å². The molecule has 0 unspecified atom stereocenters. The minimum atomic E-state index is -3.61. The number of hydrogen-bond acceptors (Lipinski definition) is 7. The van der Waals surface area contributed by atoms with Gasteiger partial charge in [-0.15, -0.1) is 0 Å². The molecule has 118 valence electrons. The molecular weight excluding hydrogens is 298 g/mol. The normalized spacial score (nSPS) is 19.7. The van der Waals surface area contributed by atoms with Gasteiger partial charge in [0.1, 0.15) is 12.4 Å². The molecule has 0 radical (unpaired) electrons. The van der Waals surface area contributed by atoms with Crippen molar-refractivity contribution in [3.63, 3.8) is 0 Å². The molecule has 10 heteroatoms. The van der Waals surface area contributed by atoms with E-state index in [2.05, 4.69) is 10.4 Å². The van der Waals surface area contributed by atoms with Crippen molar-refractivity contribution in [2.75, 3.05) is 36.5 Å². The fourth-order valence-corrected chi connectivity index (χ4v) is 3.37. The summed E-state index contributed by atoms with van der Waals surface area (Å²) in [6.07, 6.45) is 1.04. The molecule has 0 aliphatic carbocycles. The van der Waals surface area contributed by atoms with Crippen molar-refractivity contribution in [2.24, 2.45) is 0 Å². The number of nitrogens with zero attached hydrogens (tertiary/aromatic N) is 3. The van der Waals surface area contributed by atoms with Gasteiger partial charge >= 0.3 is 5.97 Å². The molecule has 0 amide bonds. The summed E-state index contributed by atoms with van der Waals surface area (Å²) in [5.41, 5.74) is 5.80. The van der Waals surface area contributed by atoms with Gasteiger partial charge in [0.25, 0.3) is 0 Å². The van der Waals surface area contributed by atoms with E-state index in [1.807, 2.05) is 11.8 Å². The minimum Gasteiger partial charge on any atom is -0.480 e. The molecule has 0 bridgehead atoms. The molecule has 21 heavy (non-hydrogen) atoms. The molecule has 1 aromatic rings. The van der Waals surface area contributed by atoms with Crippen LogP contribution in [0.4, 0.5) is 11.6 Å². The van der Waals surface area contributed by atoms with Gasteiger partial charge in [-0.2, -0.15) is 5.10 Å². The highest BCUT2D eigenvalue weighted by atomic mass is 32.2. The standard InChI is InChI=1S/C11H19N5O4S/c1-7-5-15(4-3-13-7)11-9(21(2,19)20)10(12)16(14-11)6-8(17)18/h7,13H,3-6,12H2,1-2H3,(H,17,18)/t7-/m1/s1. The highest BCUT2D eigenvalue weighted by Gasteiger charge is 2.30. The Kier molecular flexibility index (Phi) is 4.10. The van der Waals surface area contributed by atoms with E-state index in [-0.39, 0.29) is 22.6 Å². The summed E-state index contributed by atoms with van der Waals surface area (Å²) in [6.45, 7) is 3.35. The first kappa shape index (κ1) is 15.6. The summed E-state index contributed by atoms with van der Waals surface area (Å²) in [6, 6.07) is 0.178. The smallest absolute Gasteiger partial charge is 0.325 e. The predicted octanol–water partition coefficient (Wildman–Crippen LogP) is -1.25. The Morgan fingerprint density at radius 2 is 2.24 bits per heavy atom. The number of carbonyl (C=O) groups is 1. The largest absolute Gasteiger partial charge is 0.480 e. The summed E-state index contributed by atoms with van der Waals surface area (Å²) < 4.78 is 25.0. The minimum absolute atomic E-state index is 0.0992. The number of anilines is 2. The van der Waals surface area contributed by atoms with Gasteiger partial charge in [0.2, 0.25) is 0 Å². The quantitative estimate of drug-likeness (QED) is 0.628. The lowest BCUT2D eigenvalue weighted by Gasteiger charge is -2.32. The SMILES string of the molecule is C[C@@H]1CN(c2nn(CC(=O)O)c(N)c2S(C)(=O)=O)CCN1. The van der Waals surface area contributed by atoms with Crippen LogP contribution in [0.5, 0.6) is 0 Å². The van der Waals surface area contributed by atoms with Gasteiger partial charge in [-0.3, -0.25) is 4.79 Å². The number of nitrogens with one attached hydrogen (secondary N) is 1. The van der Waals surface area contributed by atoms with Gasteiger partial charge in [0.05, 0.1) is 0 Å². The van der Waals surface area contributed by atoms with Crippen LogP contribution < -0.4 is 16.0 Å². The van der Waals surface area contributed by atoms with Crippen LogP contribution in [0.2, 0.25) is 0 Å². The van der Waals surface area contributed by atoms with E-state index in [9.17, 15) is 13.2 Å². The zero-order valence-corrected chi connectivity index (χ0v) is 12.7. The Bertz CT molecular complexity index is 654. The van der Waals surface area contributed by atoms with E-state index in [4.69, 9.17) is 10.8 Å². The third kappa shape index (κ3) is 3.27. The van der Waals surface area contributed by atoms with Crippen molar-refractivity contribution in [1.29, 1.82) is 0 Å². The van der Waals surface area contributed by atoms with Crippen molar-refractivity contribution in [2.45, 2.75) is 24.4 Å². The van der Waals surface area contributed by atoms with Crippen LogP contribution in [-0.4, -0.2) is 61.2 Å². The first-order chi connectivity index (χ1) is 9.70. The van der Waals surface area contributed by atoms with E-state index in [0.717, 1.165) is 10.9 Å². The molecular formula is C11H19N5O4S. The third-order valence-corrected chi connectivity index (χ3v) is 4.39. The van der Waals surface area contributed by atoms with Gasteiger partial charge in [-0.1, -0.05) is 0 Å². The zero-order valence-electron chi connectivity index (χ0n) is 11.9. The summed E-state index contributed by atoms with van der Waals surface area (Å²) in [4.78, 5) is 12.5. The molecule has 0 saturated carbocycles. The van der Waals surface area contributed by atoms with Crippen molar-refractivity contribution in [3.05, 3.63) is 0 Å². The third-order valence-electron chi connectivity index (χ3n) is 3.25. The summed E-state index contributed by atoms with van der Waals surface area (Å²) in [5.74, 6) is -1.05. The zero-order chi connectivity index (χ0) is 15.8. The van der Waals surface area contributed by atoms with Crippen molar-refractivity contribution < 1.29 is 18.3 Å². The number of sulfone groups is 1. The summed E-state index contributed by atoms with van der Waals surface area (Å²) in [5, 5.41) is 16.2. The molecule has 1 aromatic heterocycles. The van der Waals surface area contributed by atoms with E-state index < -0.39 is 22.4 Å². The first-order valence-corrected chi connectivity index (χ1v) is 8.35. The highest BCUT2D eigenvalue weighted by Crippen LogP contribution is 2.30. The van der Waals surface area contributed by atoms with Crippen molar-refractivity contribution in [3.8, 4) is 0 Å². The predicted molar refractivity (Wildman–Crippen MR) is 77.1 cm³/mol. The van der Waals surface area contributed by atoms with Crippen LogP contribution in [0.15, 0.2) is 4.90 Å². The lowest BCUT2D eigenvalue weighted by Crippen LogP contribution is -2.49. The molecule has 1 aliphatic rings. The fraction of sp³-hybridized carbons (Fsp3) is 0.636. The molecule has 4 N–H and O–H groups in total. The Balaban J connectivity index is 2.50. The van der Waals surface area contributed by atoms with Crippen LogP contribution in [0.25, 0.3) is 0 Å². The summed E-state index contributed by atoms with van der Waals surface area (Å²) in [7, 11) is -3.61.